The molecule has 6 nitrogen and oxygen atoms in total. The van der Waals surface area contributed by atoms with Gasteiger partial charge in [0.2, 0.25) is 0 Å². The number of para-hydroxylation sites is 1. The maximum absolute atomic E-state index is 12.3. The van der Waals surface area contributed by atoms with Crippen molar-refractivity contribution in [3.8, 4) is 5.75 Å². The van der Waals surface area contributed by atoms with Crippen LogP contribution in [0.1, 0.15) is 30.5 Å². The fourth-order valence-corrected chi connectivity index (χ4v) is 3.41. The van der Waals surface area contributed by atoms with Gasteiger partial charge in [-0.15, -0.1) is 0 Å². The molecule has 142 valence electrons. The molecule has 0 spiro atoms. The summed E-state index contributed by atoms with van der Waals surface area (Å²) >= 11 is 0. The highest BCUT2D eigenvalue weighted by molar-refractivity contribution is 6.39. The summed E-state index contributed by atoms with van der Waals surface area (Å²) < 4.78 is 5.31. The number of ether oxygens (including phenoxy) is 1. The van der Waals surface area contributed by atoms with Crippen LogP contribution in [0.25, 0.3) is 0 Å². The van der Waals surface area contributed by atoms with Gasteiger partial charge in [-0.05, 0) is 49.6 Å². The number of hydrogen-bond donors (Lipinski definition) is 2. The molecule has 1 unspecified atom stereocenters. The molecule has 0 saturated heterocycles. The van der Waals surface area contributed by atoms with Crippen LogP contribution in [-0.2, 0) is 16.0 Å². The summed E-state index contributed by atoms with van der Waals surface area (Å²) in [6.07, 6.45) is 2.05. The third-order valence-corrected chi connectivity index (χ3v) is 4.85. The molecule has 0 aromatic heterocycles. The first-order chi connectivity index (χ1) is 13.0. The molecule has 0 saturated carbocycles. The number of anilines is 2. The third kappa shape index (κ3) is 4.22. The number of nitrogens with one attached hydrogen (secondary N) is 2. The van der Waals surface area contributed by atoms with Crippen molar-refractivity contribution in [1.82, 2.24) is 5.32 Å². The fraction of sp³-hybridized carbons (Fsp3) is 0.333. The van der Waals surface area contributed by atoms with Crippen molar-refractivity contribution in [2.24, 2.45) is 0 Å². The zero-order valence-corrected chi connectivity index (χ0v) is 15.9. The molecule has 1 heterocycles. The average molecular weight is 367 g/mol. The highest BCUT2D eigenvalue weighted by atomic mass is 16.5. The van der Waals surface area contributed by atoms with E-state index >= 15 is 0 Å². The van der Waals surface area contributed by atoms with Crippen molar-refractivity contribution in [2.75, 3.05) is 30.9 Å². The lowest BCUT2D eigenvalue weighted by Gasteiger charge is -2.27. The first-order valence-corrected chi connectivity index (χ1v) is 9.08. The smallest absolute Gasteiger partial charge is 0.313 e. The van der Waals surface area contributed by atoms with Crippen LogP contribution in [0.5, 0.6) is 5.75 Å². The van der Waals surface area contributed by atoms with E-state index in [4.69, 9.17) is 4.74 Å². The molecule has 0 aliphatic carbocycles. The van der Waals surface area contributed by atoms with Gasteiger partial charge >= 0.3 is 11.8 Å². The molecule has 2 aromatic rings. The predicted octanol–water partition coefficient (Wildman–Crippen LogP) is 2.89. The lowest BCUT2D eigenvalue weighted by Crippen LogP contribution is -2.37. The molecule has 2 aromatic carbocycles. The minimum Gasteiger partial charge on any atom is -0.496 e. The Morgan fingerprint density at radius 2 is 1.93 bits per heavy atom. The first-order valence-electron chi connectivity index (χ1n) is 9.08. The Morgan fingerprint density at radius 1 is 1.15 bits per heavy atom. The molecule has 6 heteroatoms. The van der Waals surface area contributed by atoms with Gasteiger partial charge < -0.3 is 20.3 Å². The second-order valence-corrected chi connectivity index (χ2v) is 6.76. The van der Waals surface area contributed by atoms with Crippen molar-refractivity contribution in [1.29, 1.82) is 0 Å². The summed E-state index contributed by atoms with van der Waals surface area (Å²) in [6, 6.07) is 12.8. The lowest BCUT2D eigenvalue weighted by atomic mass is 10.0. The summed E-state index contributed by atoms with van der Waals surface area (Å²) in [6.45, 7) is 2.85. The van der Waals surface area contributed by atoms with Gasteiger partial charge in [0.05, 0.1) is 13.2 Å². The van der Waals surface area contributed by atoms with E-state index in [1.165, 1.54) is 11.3 Å². The Bertz CT molecular complexity index is 850. The van der Waals surface area contributed by atoms with Gasteiger partial charge in [-0.1, -0.05) is 18.2 Å². The summed E-state index contributed by atoms with van der Waals surface area (Å²) in [4.78, 5) is 26.8. The minimum atomic E-state index is -0.680. The zero-order valence-electron chi connectivity index (χ0n) is 15.9. The average Bonchev–Trinajstić information content (AvgIpc) is 2.67. The third-order valence-electron chi connectivity index (χ3n) is 4.85. The zero-order chi connectivity index (χ0) is 19.4. The van der Waals surface area contributed by atoms with Gasteiger partial charge in [0, 0.05) is 30.5 Å². The topological polar surface area (TPSA) is 70.7 Å². The quantitative estimate of drug-likeness (QED) is 0.815. The van der Waals surface area contributed by atoms with Crippen LogP contribution in [0.4, 0.5) is 11.4 Å². The van der Waals surface area contributed by atoms with Crippen molar-refractivity contribution in [3.63, 3.8) is 0 Å². The van der Waals surface area contributed by atoms with E-state index in [2.05, 4.69) is 22.6 Å². The number of nitrogens with zero attached hydrogens (tertiary/aromatic N) is 1. The number of benzene rings is 2. The molecule has 0 fully saturated rings. The molecule has 3 rings (SSSR count). The number of carbonyl (C=O) groups is 2. The highest BCUT2D eigenvalue weighted by Crippen LogP contribution is 2.28. The Balaban J connectivity index is 1.65. The van der Waals surface area contributed by atoms with E-state index in [0.29, 0.717) is 11.4 Å². The van der Waals surface area contributed by atoms with Crippen molar-refractivity contribution < 1.29 is 14.3 Å². The number of carbonyl (C=O) groups excluding carboxylic acids is 2. The number of fused-ring (bicyclic) bond motifs is 1. The van der Waals surface area contributed by atoms with Crippen molar-refractivity contribution in [2.45, 2.75) is 25.8 Å². The molecular weight excluding hydrogens is 342 g/mol. The van der Waals surface area contributed by atoms with E-state index in [1.807, 2.05) is 49.4 Å². The normalized spacial score (nSPS) is 14.1. The Labute approximate surface area is 159 Å². The number of methoxy groups -OCH3 is 1. The van der Waals surface area contributed by atoms with Crippen LogP contribution in [0, 0.1) is 0 Å². The molecule has 2 N–H and O–H groups in total. The predicted molar refractivity (Wildman–Crippen MR) is 106 cm³/mol. The number of hydrogen-bond acceptors (Lipinski definition) is 4. The van der Waals surface area contributed by atoms with Gasteiger partial charge in [-0.25, -0.2) is 0 Å². The fourth-order valence-electron chi connectivity index (χ4n) is 3.41. The van der Waals surface area contributed by atoms with Crippen molar-refractivity contribution in [3.05, 3.63) is 53.6 Å². The molecule has 2 amide bonds. The second kappa shape index (κ2) is 8.12. The monoisotopic (exact) mass is 367 g/mol. The highest BCUT2D eigenvalue weighted by Gasteiger charge is 2.20. The van der Waals surface area contributed by atoms with Crippen LogP contribution >= 0.6 is 0 Å². The van der Waals surface area contributed by atoms with Gasteiger partial charge in [0.1, 0.15) is 5.75 Å². The Kier molecular flexibility index (Phi) is 5.64. The second-order valence-electron chi connectivity index (χ2n) is 6.76. The van der Waals surface area contributed by atoms with Gasteiger partial charge in [-0.3, -0.25) is 9.59 Å². The van der Waals surface area contributed by atoms with E-state index < -0.39 is 11.8 Å². The van der Waals surface area contributed by atoms with Crippen molar-refractivity contribution >= 4 is 23.2 Å². The van der Waals surface area contributed by atoms with E-state index in [-0.39, 0.29) is 6.04 Å². The molecule has 27 heavy (non-hydrogen) atoms. The molecule has 1 aliphatic rings. The van der Waals surface area contributed by atoms with Gasteiger partial charge in [0.25, 0.3) is 0 Å². The number of aryl methyl sites for hydroxylation is 1. The lowest BCUT2D eigenvalue weighted by molar-refractivity contribution is -0.136. The molecule has 0 bridgehead atoms. The van der Waals surface area contributed by atoms with E-state index in [0.717, 1.165) is 24.9 Å². The van der Waals surface area contributed by atoms with Gasteiger partial charge in [0.15, 0.2) is 0 Å². The maximum Gasteiger partial charge on any atom is 0.313 e. The number of rotatable bonds is 4. The van der Waals surface area contributed by atoms with Crippen LogP contribution in [0.15, 0.2) is 42.5 Å². The minimum absolute atomic E-state index is 0.350. The molecule has 1 aliphatic heterocycles. The molecule has 1 atom stereocenters. The standard InChI is InChI=1S/C21H25N3O3/c1-14(17-8-4-5-9-19(17)27-3)22-20(25)21(26)23-16-10-11-18-15(13-16)7-6-12-24(18)2/h4-5,8-11,13-14H,6-7,12H2,1-3H3,(H,22,25)(H,23,26). The van der Waals surface area contributed by atoms with Gasteiger partial charge in [-0.2, -0.15) is 0 Å². The summed E-state index contributed by atoms with van der Waals surface area (Å²) in [5.74, 6) is -0.686. The summed E-state index contributed by atoms with van der Waals surface area (Å²) in [5, 5.41) is 5.41. The van der Waals surface area contributed by atoms with E-state index in [9.17, 15) is 9.59 Å². The van der Waals surface area contributed by atoms with Crippen LogP contribution in [0.3, 0.4) is 0 Å². The maximum atomic E-state index is 12.3. The van der Waals surface area contributed by atoms with Crippen LogP contribution in [0.2, 0.25) is 0 Å². The SMILES string of the molecule is COc1ccccc1C(C)NC(=O)C(=O)Nc1ccc2c(c1)CCCN2C. The molecule has 0 radical (unpaired) electrons. The first kappa shape index (κ1) is 18.8. The van der Waals surface area contributed by atoms with E-state index in [1.54, 1.807) is 7.11 Å². The summed E-state index contributed by atoms with van der Waals surface area (Å²) in [7, 11) is 3.64. The Hall–Kier alpha value is -3.02. The largest absolute Gasteiger partial charge is 0.496 e. The molecular formula is C21H25N3O3. The Morgan fingerprint density at radius 3 is 2.70 bits per heavy atom. The van der Waals surface area contributed by atoms with Crippen LogP contribution < -0.4 is 20.3 Å². The van der Waals surface area contributed by atoms with Crippen LogP contribution in [-0.4, -0.2) is 32.5 Å². The number of amides is 2. The summed E-state index contributed by atoms with van der Waals surface area (Å²) in [5.41, 5.74) is 3.81.